The van der Waals surface area contributed by atoms with E-state index >= 15 is 0 Å². The first-order chi connectivity index (χ1) is 13.0. The molecule has 8 heteroatoms. The number of hydrogen-bond donors (Lipinski definition) is 1. The Morgan fingerprint density at radius 3 is 2.70 bits per heavy atom. The summed E-state index contributed by atoms with van der Waals surface area (Å²) in [4.78, 5) is 29.6. The zero-order valence-corrected chi connectivity index (χ0v) is 16.4. The van der Waals surface area contributed by atoms with E-state index in [0.29, 0.717) is 47.7 Å². The molecule has 0 fully saturated rings. The number of benzene rings is 1. The highest BCUT2D eigenvalue weighted by Crippen LogP contribution is 2.31. The van der Waals surface area contributed by atoms with Gasteiger partial charge in [-0.25, -0.2) is 9.78 Å². The topological polar surface area (TPSA) is 86.8 Å². The van der Waals surface area contributed by atoms with Crippen molar-refractivity contribution in [1.29, 1.82) is 0 Å². The number of fused-ring (bicyclic) bond motifs is 1. The first-order valence-electron chi connectivity index (χ1n) is 8.77. The molecule has 3 rings (SSSR count). The van der Waals surface area contributed by atoms with Crippen molar-refractivity contribution in [3.8, 4) is 11.5 Å². The summed E-state index contributed by atoms with van der Waals surface area (Å²) in [5.74, 6) is 0.699. The molecule has 2 heterocycles. The molecule has 144 valence electrons. The van der Waals surface area contributed by atoms with Crippen LogP contribution in [0.5, 0.6) is 11.5 Å². The van der Waals surface area contributed by atoms with E-state index in [1.165, 1.54) is 18.4 Å². The Labute approximate surface area is 161 Å². The van der Waals surface area contributed by atoms with Crippen molar-refractivity contribution in [3.63, 3.8) is 0 Å². The number of rotatable bonds is 5. The number of nitrogens with zero attached hydrogens (tertiary/aromatic N) is 1. The molecule has 1 aromatic carbocycles. The fourth-order valence-electron chi connectivity index (χ4n) is 2.64. The summed E-state index contributed by atoms with van der Waals surface area (Å²) in [5, 5.41) is 3.12. The summed E-state index contributed by atoms with van der Waals surface area (Å²) < 4.78 is 16.0. The average Bonchev–Trinajstić information content (AvgIpc) is 2.88. The minimum atomic E-state index is -0.502. The van der Waals surface area contributed by atoms with Crippen LogP contribution in [0.2, 0.25) is 0 Å². The van der Waals surface area contributed by atoms with Crippen LogP contribution in [0, 0.1) is 5.92 Å². The summed E-state index contributed by atoms with van der Waals surface area (Å²) in [5.41, 5.74) is 0.685. The van der Waals surface area contributed by atoms with Crippen molar-refractivity contribution in [2.75, 3.05) is 25.6 Å². The summed E-state index contributed by atoms with van der Waals surface area (Å²) in [6, 6.07) is 5.05. The van der Waals surface area contributed by atoms with Gasteiger partial charge in [-0.05, 0) is 30.5 Å². The van der Waals surface area contributed by atoms with E-state index in [1.807, 2.05) is 0 Å². The Kier molecular flexibility index (Phi) is 5.95. The molecule has 1 N–H and O–H groups in total. The Bertz CT molecular complexity index is 847. The average molecular weight is 390 g/mol. The molecule has 27 heavy (non-hydrogen) atoms. The van der Waals surface area contributed by atoms with E-state index in [0.717, 1.165) is 11.3 Å². The normalized spacial score (nSPS) is 13.2. The van der Waals surface area contributed by atoms with Gasteiger partial charge in [0, 0.05) is 16.9 Å². The van der Waals surface area contributed by atoms with Crippen LogP contribution in [0.4, 0.5) is 5.13 Å². The standard InChI is InChI=1S/C19H22N2O5S/c1-11(2)9-15-16(18(23)24-3)20-19(27-15)21-17(22)12-5-6-13-14(10-12)26-8-4-7-25-13/h5-6,10-11H,4,7-9H2,1-3H3,(H,20,21,22). The van der Waals surface area contributed by atoms with Crippen LogP contribution in [0.25, 0.3) is 0 Å². The van der Waals surface area contributed by atoms with Gasteiger partial charge in [0.1, 0.15) is 0 Å². The number of methoxy groups -OCH3 is 1. The number of anilines is 1. The zero-order valence-electron chi connectivity index (χ0n) is 15.5. The Morgan fingerprint density at radius 2 is 2.00 bits per heavy atom. The lowest BCUT2D eigenvalue weighted by Crippen LogP contribution is -2.12. The number of carbonyl (C=O) groups is 2. The van der Waals surface area contributed by atoms with Crippen molar-refractivity contribution >= 4 is 28.3 Å². The number of esters is 1. The predicted molar refractivity (Wildman–Crippen MR) is 102 cm³/mol. The van der Waals surface area contributed by atoms with Gasteiger partial charge in [0.2, 0.25) is 0 Å². The quantitative estimate of drug-likeness (QED) is 0.786. The molecule has 0 bridgehead atoms. The maximum absolute atomic E-state index is 12.6. The highest BCUT2D eigenvalue weighted by molar-refractivity contribution is 7.16. The number of thiazole rings is 1. The van der Waals surface area contributed by atoms with Crippen LogP contribution >= 0.6 is 11.3 Å². The van der Waals surface area contributed by atoms with E-state index in [9.17, 15) is 9.59 Å². The molecule has 0 radical (unpaired) electrons. The van der Waals surface area contributed by atoms with Crippen LogP contribution in [-0.2, 0) is 11.2 Å². The summed E-state index contributed by atoms with van der Waals surface area (Å²) in [6.07, 6.45) is 1.48. The molecule has 1 aliphatic rings. The highest BCUT2D eigenvalue weighted by Gasteiger charge is 2.21. The maximum Gasteiger partial charge on any atom is 0.357 e. The first-order valence-corrected chi connectivity index (χ1v) is 9.58. The SMILES string of the molecule is COC(=O)c1nc(NC(=O)c2ccc3c(c2)OCCCO3)sc1CC(C)C. The number of hydrogen-bond acceptors (Lipinski definition) is 7. The van der Waals surface area contributed by atoms with Gasteiger partial charge in [-0.1, -0.05) is 13.8 Å². The Morgan fingerprint density at radius 1 is 1.26 bits per heavy atom. The van der Waals surface area contributed by atoms with Crippen LogP contribution in [-0.4, -0.2) is 37.2 Å². The van der Waals surface area contributed by atoms with Gasteiger partial charge < -0.3 is 14.2 Å². The molecule has 0 saturated carbocycles. The minimum Gasteiger partial charge on any atom is -0.490 e. The minimum absolute atomic E-state index is 0.255. The van der Waals surface area contributed by atoms with Crippen molar-refractivity contribution in [1.82, 2.24) is 4.98 Å². The van der Waals surface area contributed by atoms with Crippen LogP contribution < -0.4 is 14.8 Å². The van der Waals surface area contributed by atoms with E-state index in [4.69, 9.17) is 14.2 Å². The summed E-state index contributed by atoms with van der Waals surface area (Å²) in [6.45, 7) is 5.24. The monoisotopic (exact) mass is 390 g/mol. The van der Waals surface area contributed by atoms with Gasteiger partial charge in [0.05, 0.1) is 20.3 Å². The van der Waals surface area contributed by atoms with Crippen molar-refractivity contribution < 1.29 is 23.8 Å². The van der Waals surface area contributed by atoms with Gasteiger partial charge >= 0.3 is 5.97 Å². The van der Waals surface area contributed by atoms with E-state index in [1.54, 1.807) is 18.2 Å². The van der Waals surface area contributed by atoms with Gasteiger partial charge in [0.15, 0.2) is 22.3 Å². The zero-order chi connectivity index (χ0) is 19.4. The first kappa shape index (κ1) is 19.2. The highest BCUT2D eigenvalue weighted by atomic mass is 32.1. The lowest BCUT2D eigenvalue weighted by atomic mass is 10.1. The molecule has 0 spiro atoms. The van der Waals surface area contributed by atoms with Gasteiger partial charge in [-0.15, -0.1) is 11.3 Å². The second-order valence-electron chi connectivity index (χ2n) is 6.55. The number of carbonyl (C=O) groups excluding carboxylic acids is 2. The summed E-state index contributed by atoms with van der Waals surface area (Å²) in [7, 11) is 1.32. The van der Waals surface area contributed by atoms with Crippen LogP contribution in [0.3, 0.4) is 0 Å². The van der Waals surface area contributed by atoms with Crippen LogP contribution in [0.1, 0.15) is 46.0 Å². The molecule has 0 unspecified atom stereocenters. The third-order valence-corrected chi connectivity index (χ3v) is 4.89. The second kappa shape index (κ2) is 8.39. The molecular weight excluding hydrogens is 368 g/mol. The molecule has 0 atom stereocenters. The lowest BCUT2D eigenvalue weighted by molar-refractivity contribution is 0.0593. The van der Waals surface area contributed by atoms with E-state index in [-0.39, 0.29) is 11.6 Å². The third-order valence-electron chi connectivity index (χ3n) is 3.90. The molecule has 1 aliphatic heterocycles. The second-order valence-corrected chi connectivity index (χ2v) is 7.63. The predicted octanol–water partition coefficient (Wildman–Crippen LogP) is 3.54. The largest absolute Gasteiger partial charge is 0.490 e. The van der Waals surface area contributed by atoms with Crippen LogP contribution in [0.15, 0.2) is 18.2 Å². The number of ether oxygens (including phenoxy) is 3. The molecule has 7 nitrogen and oxygen atoms in total. The van der Waals surface area contributed by atoms with Crippen molar-refractivity contribution in [2.24, 2.45) is 5.92 Å². The van der Waals surface area contributed by atoms with E-state index < -0.39 is 5.97 Å². The maximum atomic E-state index is 12.6. The van der Waals surface area contributed by atoms with Gasteiger partial charge in [-0.3, -0.25) is 10.1 Å². The fraction of sp³-hybridized carbons (Fsp3) is 0.421. The molecule has 0 saturated heterocycles. The number of amides is 1. The van der Waals surface area contributed by atoms with Crippen molar-refractivity contribution in [2.45, 2.75) is 26.7 Å². The molecule has 2 aromatic rings. The fourth-order valence-corrected chi connectivity index (χ4v) is 3.80. The number of nitrogens with one attached hydrogen (secondary N) is 1. The Hall–Kier alpha value is -2.61. The molecule has 0 aliphatic carbocycles. The Balaban J connectivity index is 1.80. The smallest absolute Gasteiger partial charge is 0.357 e. The van der Waals surface area contributed by atoms with Gasteiger partial charge in [-0.2, -0.15) is 0 Å². The molecule has 1 aromatic heterocycles. The summed E-state index contributed by atoms with van der Waals surface area (Å²) >= 11 is 1.29. The molecule has 1 amide bonds. The molecular formula is C19H22N2O5S. The lowest BCUT2D eigenvalue weighted by Gasteiger charge is -2.09. The third kappa shape index (κ3) is 4.57. The van der Waals surface area contributed by atoms with Gasteiger partial charge in [0.25, 0.3) is 5.91 Å². The van der Waals surface area contributed by atoms with E-state index in [2.05, 4.69) is 24.1 Å². The number of aromatic nitrogens is 1. The van der Waals surface area contributed by atoms with Crippen molar-refractivity contribution in [3.05, 3.63) is 34.3 Å².